The van der Waals surface area contributed by atoms with E-state index in [0.717, 1.165) is 29.3 Å². The van der Waals surface area contributed by atoms with Gasteiger partial charge in [0.05, 0.1) is 17.9 Å². The molecule has 2 aromatic carbocycles. The summed E-state index contributed by atoms with van der Waals surface area (Å²) in [6.45, 7) is 5.27. The first-order valence-electron chi connectivity index (χ1n) is 7.73. The molecule has 0 unspecified atom stereocenters. The normalized spacial score (nSPS) is 13.9. The van der Waals surface area contributed by atoms with Crippen LogP contribution >= 0.6 is 0 Å². The van der Waals surface area contributed by atoms with Crippen molar-refractivity contribution in [3.05, 3.63) is 60.1 Å². The Morgan fingerprint density at radius 3 is 2.73 bits per heavy atom. The quantitative estimate of drug-likeness (QED) is 0.757. The van der Waals surface area contributed by atoms with E-state index in [1.54, 1.807) is 0 Å². The highest BCUT2D eigenvalue weighted by Crippen LogP contribution is 2.26. The summed E-state index contributed by atoms with van der Waals surface area (Å²) in [6, 6.07) is 15.4. The Morgan fingerprint density at radius 2 is 1.91 bits per heavy atom. The summed E-state index contributed by atoms with van der Waals surface area (Å²) >= 11 is 0. The molecule has 0 atom stereocenters. The number of imidazole rings is 1. The third kappa shape index (κ3) is 2.19. The van der Waals surface area contributed by atoms with Gasteiger partial charge in [0.2, 0.25) is 0 Å². The highest BCUT2D eigenvalue weighted by Gasteiger charge is 2.17. The largest absolute Gasteiger partial charge is 0.369 e. The number of fused-ring (bicyclic) bond motifs is 2. The molecule has 1 aliphatic rings. The molecule has 2 heterocycles. The topological polar surface area (TPSA) is 31.9 Å². The van der Waals surface area contributed by atoms with Gasteiger partial charge in [0.1, 0.15) is 5.82 Å². The van der Waals surface area contributed by atoms with Gasteiger partial charge >= 0.3 is 0 Å². The second-order valence-corrected chi connectivity index (χ2v) is 6.09. The van der Waals surface area contributed by atoms with Crippen molar-refractivity contribution in [3.8, 4) is 11.4 Å². The Morgan fingerprint density at radius 1 is 1.09 bits per heavy atom. The number of benzene rings is 2. The molecule has 4 rings (SSSR count). The van der Waals surface area contributed by atoms with Crippen molar-refractivity contribution >= 4 is 16.8 Å². The fourth-order valence-corrected chi connectivity index (χ4v) is 2.91. The smallest absolute Gasteiger partial charge is 0.138 e. The Hall–Kier alpha value is -2.55. The average Bonchev–Trinajstić information content (AvgIpc) is 2.97. The number of aromatic amines is 1. The molecule has 22 heavy (non-hydrogen) atoms. The van der Waals surface area contributed by atoms with Crippen LogP contribution in [0.25, 0.3) is 28.2 Å². The zero-order chi connectivity index (χ0) is 15.1. The van der Waals surface area contributed by atoms with E-state index >= 15 is 0 Å². The zero-order valence-electron chi connectivity index (χ0n) is 12.9. The number of rotatable bonds is 2. The van der Waals surface area contributed by atoms with Crippen molar-refractivity contribution in [2.75, 3.05) is 0 Å². The molecule has 0 bridgehead atoms. The van der Waals surface area contributed by atoms with Gasteiger partial charge < -0.3 is 9.88 Å². The van der Waals surface area contributed by atoms with E-state index in [4.69, 9.17) is 4.98 Å². The van der Waals surface area contributed by atoms with Crippen LogP contribution in [-0.2, 0) is 6.54 Å². The van der Waals surface area contributed by atoms with Gasteiger partial charge in [-0.1, -0.05) is 36.4 Å². The van der Waals surface area contributed by atoms with E-state index in [0.29, 0.717) is 6.04 Å². The zero-order valence-corrected chi connectivity index (χ0v) is 12.9. The van der Waals surface area contributed by atoms with Crippen LogP contribution < -0.4 is 0 Å². The Bertz CT molecular complexity index is 858. The minimum atomic E-state index is 0.491. The first-order valence-corrected chi connectivity index (χ1v) is 7.73. The molecule has 0 fully saturated rings. The number of H-pyrrole nitrogens is 1. The molecular formula is C19H19N3. The van der Waals surface area contributed by atoms with Crippen LogP contribution in [0.3, 0.4) is 0 Å². The molecule has 0 amide bonds. The maximum atomic E-state index is 4.81. The first kappa shape index (κ1) is 13.1. The maximum Gasteiger partial charge on any atom is 0.138 e. The van der Waals surface area contributed by atoms with Gasteiger partial charge in [0, 0.05) is 17.8 Å². The minimum absolute atomic E-state index is 0.491. The molecule has 3 aromatic rings. The lowest BCUT2D eigenvalue weighted by atomic mass is 10.1. The predicted octanol–water partition coefficient (Wildman–Crippen LogP) is 4.42. The number of nitrogens with one attached hydrogen (secondary N) is 1. The van der Waals surface area contributed by atoms with Crippen LogP contribution in [0.1, 0.15) is 25.2 Å². The van der Waals surface area contributed by atoms with Crippen molar-refractivity contribution in [2.24, 2.45) is 0 Å². The van der Waals surface area contributed by atoms with E-state index < -0.39 is 0 Å². The van der Waals surface area contributed by atoms with Crippen LogP contribution in [0, 0.1) is 0 Å². The molecule has 0 aliphatic carbocycles. The van der Waals surface area contributed by atoms with Gasteiger partial charge in [-0.05, 0) is 36.8 Å². The summed E-state index contributed by atoms with van der Waals surface area (Å²) in [5.74, 6) is 0.950. The average molecular weight is 289 g/mol. The van der Waals surface area contributed by atoms with Crippen LogP contribution in [-0.4, -0.2) is 20.9 Å². The summed E-state index contributed by atoms with van der Waals surface area (Å²) < 4.78 is 0. The SMILES string of the molecule is CC(C)N1C=Cc2[nH]c(-c3ccc4ccccc4c3)nc2C1. The van der Waals surface area contributed by atoms with Crippen LogP contribution in [0.4, 0.5) is 0 Å². The minimum Gasteiger partial charge on any atom is -0.369 e. The standard InChI is InChI=1S/C19H19N3/c1-13(2)22-10-9-17-18(12-22)21-19(20-17)16-8-7-14-5-3-4-6-15(14)11-16/h3-11,13H,12H2,1-2H3,(H,20,21). The van der Waals surface area contributed by atoms with Crippen molar-refractivity contribution in [1.82, 2.24) is 14.9 Å². The van der Waals surface area contributed by atoms with Gasteiger partial charge in [-0.15, -0.1) is 0 Å². The molecule has 0 radical (unpaired) electrons. The molecule has 1 aromatic heterocycles. The Labute approximate surface area is 130 Å². The van der Waals surface area contributed by atoms with Gasteiger partial charge in [-0.25, -0.2) is 4.98 Å². The van der Waals surface area contributed by atoms with E-state index in [1.165, 1.54) is 10.8 Å². The highest BCUT2D eigenvalue weighted by molar-refractivity contribution is 5.86. The second kappa shape index (κ2) is 5.02. The number of hydrogen-bond donors (Lipinski definition) is 1. The van der Waals surface area contributed by atoms with Crippen molar-refractivity contribution < 1.29 is 0 Å². The first-order chi connectivity index (χ1) is 10.7. The maximum absolute atomic E-state index is 4.81. The Kier molecular flexibility index (Phi) is 3.00. The second-order valence-electron chi connectivity index (χ2n) is 6.09. The summed E-state index contributed by atoms with van der Waals surface area (Å²) in [5, 5.41) is 2.50. The molecule has 3 heteroatoms. The highest BCUT2D eigenvalue weighted by atomic mass is 15.2. The number of aromatic nitrogens is 2. The number of hydrogen-bond acceptors (Lipinski definition) is 2. The van der Waals surface area contributed by atoms with Crippen LogP contribution in [0.5, 0.6) is 0 Å². The van der Waals surface area contributed by atoms with E-state index in [9.17, 15) is 0 Å². The summed E-state index contributed by atoms with van der Waals surface area (Å²) in [7, 11) is 0. The van der Waals surface area contributed by atoms with Crippen LogP contribution in [0.2, 0.25) is 0 Å². The van der Waals surface area contributed by atoms with Crippen LogP contribution in [0.15, 0.2) is 48.7 Å². The third-order valence-corrected chi connectivity index (χ3v) is 4.26. The molecule has 0 saturated carbocycles. The summed E-state index contributed by atoms with van der Waals surface area (Å²) in [4.78, 5) is 10.6. The molecule has 110 valence electrons. The predicted molar refractivity (Wildman–Crippen MR) is 91.2 cm³/mol. The van der Waals surface area contributed by atoms with Gasteiger partial charge in [0.25, 0.3) is 0 Å². The molecule has 0 spiro atoms. The summed E-state index contributed by atoms with van der Waals surface area (Å²) in [5.41, 5.74) is 3.39. The summed E-state index contributed by atoms with van der Waals surface area (Å²) in [6.07, 6.45) is 4.27. The third-order valence-electron chi connectivity index (χ3n) is 4.26. The van der Waals surface area contributed by atoms with E-state index in [2.05, 4.69) is 78.5 Å². The Balaban J connectivity index is 1.73. The van der Waals surface area contributed by atoms with E-state index in [1.807, 2.05) is 0 Å². The van der Waals surface area contributed by atoms with Crippen molar-refractivity contribution in [2.45, 2.75) is 26.4 Å². The molecule has 0 saturated heterocycles. The lowest BCUT2D eigenvalue weighted by Crippen LogP contribution is -2.26. The molecule has 1 aliphatic heterocycles. The lowest BCUT2D eigenvalue weighted by molar-refractivity contribution is 0.298. The molecule has 3 nitrogen and oxygen atoms in total. The lowest BCUT2D eigenvalue weighted by Gasteiger charge is -2.26. The monoisotopic (exact) mass is 289 g/mol. The fraction of sp³-hybridized carbons (Fsp3) is 0.211. The molecular weight excluding hydrogens is 270 g/mol. The van der Waals surface area contributed by atoms with Gasteiger partial charge in [0.15, 0.2) is 0 Å². The van der Waals surface area contributed by atoms with Crippen molar-refractivity contribution in [1.29, 1.82) is 0 Å². The van der Waals surface area contributed by atoms with Crippen molar-refractivity contribution in [3.63, 3.8) is 0 Å². The van der Waals surface area contributed by atoms with E-state index in [-0.39, 0.29) is 0 Å². The van der Waals surface area contributed by atoms with Gasteiger partial charge in [-0.3, -0.25) is 0 Å². The van der Waals surface area contributed by atoms with Gasteiger partial charge in [-0.2, -0.15) is 0 Å². The molecule has 1 N–H and O–H groups in total. The number of nitrogens with zero attached hydrogens (tertiary/aromatic N) is 2. The fourth-order valence-electron chi connectivity index (χ4n) is 2.91.